The summed E-state index contributed by atoms with van der Waals surface area (Å²) in [6.45, 7) is 0. The predicted molar refractivity (Wildman–Crippen MR) is 53.1 cm³/mol. The van der Waals surface area contributed by atoms with Crippen molar-refractivity contribution in [2.75, 3.05) is 5.75 Å². The van der Waals surface area contributed by atoms with E-state index in [2.05, 4.69) is 0 Å². The van der Waals surface area contributed by atoms with Gasteiger partial charge in [0, 0.05) is 12.4 Å². The third-order valence-corrected chi connectivity index (χ3v) is 3.96. The van der Waals surface area contributed by atoms with Crippen LogP contribution in [-0.2, 0) is 14.6 Å². The van der Waals surface area contributed by atoms with Crippen molar-refractivity contribution in [1.29, 1.82) is 0 Å². The highest BCUT2D eigenvalue weighted by Gasteiger charge is 2.16. The van der Waals surface area contributed by atoms with Crippen molar-refractivity contribution in [2.24, 2.45) is 0 Å². The van der Waals surface area contributed by atoms with Gasteiger partial charge in [-0.1, -0.05) is 23.7 Å². The van der Waals surface area contributed by atoms with E-state index in [0.29, 0.717) is 0 Å². The number of aliphatic carboxylic acids is 1. The molecule has 0 spiro atoms. The molecule has 0 saturated carbocycles. The lowest BCUT2D eigenvalue weighted by molar-refractivity contribution is -0.305. The molecule has 1 aromatic carbocycles. The van der Waals surface area contributed by atoms with Gasteiger partial charge < -0.3 is 9.90 Å². The van der Waals surface area contributed by atoms with Gasteiger partial charge in [-0.25, -0.2) is 8.42 Å². The molecule has 0 aliphatic heterocycles. The average molecular weight is 248 g/mol. The lowest BCUT2D eigenvalue weighted by atomic mass is 10.4. The summed E-state index contributed by atoms with van der Waals surface area (Å²) >= 11 is 5.68. The van der Waals surface area contributed by atoms with Gasteiger partial charge in [0.05, 0.1) is 15.7 Å². The average Bonchev–Trinajstić information content (AvgIpc) is 2.15. The summed E-state index contributed by atoms with van der Waals surface area (Å²) < 4.78 is 23.2. The Balaban J connectivity index is 2.97. The maximum Gasteiger partial charge on any atom is 0.180 e. The second-order valence-corrected chi connectivity index (χ2v) is 5.36. The number of rotatable bonds is 4. The molecular formula is C9H8ClO4S-. The second kappa shape index (κ2) is 4.63. The third kappa shape index (κ3) is 3.21. The molecule has 82 valence electrons. The Bertz CT molecular complexity index is 467. The van der Waals surface area contributed by atoms with Gasteiger partial charge in [-0.2, -0.15) is 0 Å². The summed E-state index contributed by atoms with van der Waals surface area (Å²) in [5.41, 5.74) is 0. The summed E-state index contributed by atoms with van der Waals surface area (Å²) in [6.07, 6.45) is -0.534. The first-order chi connectivity index (χ1) is 6.93. The lowest BCUT2D eigenvalue weighted by Gasteiger charge is -2.06. The van der Waals surface area contributed by atoms with Crippen LogP contribution in [0, 0.1) is 0 Å². The predicted octanol–water partition coefficient (Wildman–Crippen LogP) is 0.254. The van der Waals surface area contributed by atoms with E-state index in [0.717, 1.165) is 0 Å². The van der Waals surface area contributed by atoms with Crippen LogP contribution in [-0.4, -0.2) is 20.1 Å². The van der Waals surface area contributed by atoms with Crippen LogP contribution in [0.3, 0.4) is 0 Å². The van der Waals surface area contributed by atoms with Crippen molar-refractivity contribution in [3.63, 3.8) is 0 Å². The van der Waals surface area contributed by atoms with E-state index in [-0.39, 0.29) is 9.92 Å². The molecule has 0 atom stereocenters. The van der Waals surface area contributed by atoms with Gasteiger partial charge in [0.25, 0.3) is 0 Å². The van der Waals surface area contributed by atoms with Crippen molar-refractivity contribution >= 4 is 27.4 Å². The van der Waals surface area contributed by atoms with E-state index in [9.17, 15) is 18.3 Å². The fourth-order valence-corrected chi connectivity index (χ4v) is 2.82. The fraction of sp³-hybridized carbons (Fsp3) is 0.222. The van der Waals surface area contributed by atoms with Gasteiger partial charge >= 0.3 is 0 Å². The molecule has 0 saturated heterocycles. The lowest BCUT2D eigenvalue weighted by Crippen LogP contribution is -2.25. The van der Waals surface area contributed by atoms with Gasteiger partial charge in [-0.3, -0.25) is 0 Å². The molecule has 4 nitrogen and oxygen atoms in total. The number of halogens is 1. The van der Waals surface area contributed by atoms with Crippen molar-refractivity contribution < 1.29 is 18.3 Å². The number of benzene rings is 1. The van der Waals surface area contributed by atoms with Gasteiger partial charge in [0.2, 0.25) is 0 Å². The number of hydrogen-bond acceptors (Lipinski definition) is 4. The first-order valence-corrected chi connectivity index (χ1v) is 6.13. The molecule has 6 heteroatoms. The van der Waals surface area contributed by atoms with Gasteiger partial charge in [-0.15, -0.1) is 0 Å². The van der Waals surface area contributed by atoms with Crippen LogP contribution in [0.2, 0.25) is 5.02 Å². The highest BCUT2D eigenvalue weighted by molar-refractivity contribution is 7.91. The van der Waals surface area contributed by atoms with E-state index in [1.807, 2.05) is 0 Å². The zero-order chi connectivity index (χ0) is 11.5. The minimum atomic E-state index is -3.64. The standard InChI is InChI=1S/C9H9ClO4S/c10-7-3-1-2-4-8(7)15(13,14)6-5-9(11)12/h1-4H,5-6H2,(H,11,12)/p-1. The van der Waals surface area contributed by atoms with Crippen LogP contribution >= 0.6 is 11.6 Å². The molecular weight excluding hydrogens is 240 g/mol. The number of carbonyl (C=O) groups is 1. The van der Waals surface area contributed by atoms with E-state index in [1.165, 1.54) is 18.2 Å². The van der Waals surface area contributed by atoms with E-state index < -0.39 is 28.0 Å². The van der Waals surface area contributed by atoms with Crippen molar-refractivity contribution in [2.45, 2.75) is 11.3 Å². The highest BCUT2D eigenvalue weighted by atomic mass is 35.5. The first kappa shape index (κ1) is 12.0. The molecule has 15 heavy (non-hydrogen) atoms. The maximum absolute atomic E-state index is 11.6. The van der Waals surface area contributed by atoms with Crippen LogP contribution in [0.1, 0.15) is 6.42 Å². The monoisotopic (exact) mass is 247 g/mol. The molecule has 0 aliphatic carbocycles. The summed E-state index contributed by atoms with van der Waals surface area (Å²) in [6, 6.07) is 5.90. The van der Waals surface area contributed by atoms with Crippen molar-refractivity contribution in [1.82, 2.24) is 0 Å². The largest absolute Gasteiger partial charge is 0.550 e. The Morgan fingerprint density at radius 1 is 1.33 bits per heavy atom. The molecule has 1 rings (SSSR count). The molecule has 0 amide bonds. The van der Waals surface area contributed by atoms with Gasteiger partial charge in [0.1, 0.15) is 0 Å². The molecule has 0 radical (unpaired) electrons. The quantitative estimate of drug-likeness (QED) is 0.765. The minimum absolute atomic E-state index is 0.0482. The zero-order valence-electron chi connectivity index (χ0n) is 7.64. The van der Waals surface area contributed by atoms with E-state index in [4.69, 9.17) is 11.6 Å². The number of carbonyl (C=O) groups excluding carboxylic acids is 1. The Kier molecular flexibility index (Phi) is 3.71. The molecule has 1 aromatic rings. The highest BCUT2D eigenvalue weighted by Crippen LogP contribution is 2.21. The molecule has 0 N–H and O–H groups in total. The van der Waals surface area contributed by atoms with Crippen LogP contribution in [0.15, 0.2) is 29.2 Å². The number of hydrogen-bond donors (Lipinski definition) is 0. The smallest absolute Gasteiger partial charge is 0.180 e. The van der Waals surface area contributed by atoms with Crippen molar-refractivity contribution in [3.05, 3.63) is 29.3 Å². The SMILES string of the molecule is O=C([O-])CCS(=O)(=O)c1ccccc1Cl. The van der Waals surface area contributed by atoms with Crippen LogP contribution < -0.4 is 5.11 Å². The Morgan fingerprint density at radius 2 is 1.93 bits per heavy atom. The molecule has 0 aromatic heterocycles. The number of carboxylic acids is 1. The first-order valence-electron chi connectivity index (χ1n) is 4.10. The normalized spacial score (nSPS) is 11.3. The zero-order valence-corrected chi connectivity index (χ0v) is 9.22. The van der Waals surface area contributed by atoms with Crippen LogP contribution in [0.5, 0.6) is 0 Å². The van der Waals surface area contributed by atoms with Crippen LogP contribution in [0.25, 0.3) is 0 Å². The third-order valence-electron chi connectivity index (χ3n) is 1.75. The second-order valence-electron chi connectivity index (χ2n) is 2.87. The van der Waals surface area contributed by atoms with Gasteiger partial charge in [-0.05, 0) is 12.1 Å². The molecule has 0 aliphatic rings. The fourth-order valence-electron chi connectivity index (χ4n) is 1.02. The molecule has 0 fully saturated rings. The topological polar surface area (TPSA) is 74.3 Å². The van der Waals surface area contributed by atoms with Gasteiger partial charge in [0.15, 0.2) is 9.84 Å². The summed E-state index contributed by atoms with van der Waals surface area (Å²) in [5, 5.41) is 10.2. The Hall–Kier alpha value is -1.07. The molecule has 0 heterocycles. The van der Waals surface area contributed by atoms with Crippen molar-refractivity contribution in [3.8, 4) is 0 Å². The molecule has 0 unspecified atom stereocenters. The Morgan fingerprint density at radius 3 is 2.47 bits per heavy atom. The Labute approximate surface area is 92.4 Å². The van der Waals surface area contributed by atoms with Crippen LogP contribution in [0.4, 0.5) is 0 Å². The number of sulfone groups is 1. The summed E-state index contributed by atoms with van der Waals surface area (Å²) in [4.78, 5) is 10.1. The summed E-state index contributed by atoms with van der Waals surface area (Å²) in [7, 11) is -3.64. The molecule has 0 bridgehead atoms. The number of carboxylic acid groups (broad SMARTS) is 1. The van der Waals surface area contributed by atoms with E-state index >= 15 is 0 Å². The maximum atomic E-state index is 11.6. The van der Waals surface area contributed by atoms with E-state index in [1.54, 1.807) is 6.07 Å². The minimum Gasteiger partial charge on any atom is -0.550 e. The summed E-state index contributed by atoms with van der Waals surface area (Å²) in [5.74, 6) is -1.90.